The van der Waals surface area contributed by atoms with E-state index in [0.717, 1.165) is 17.9 Å². The lowest BCUT2D eigenvalue weighted by Gasteiger charge is -1.90. The summed E-state index contributed by atoms with van der Waals surface area (Å²) in [6, 6.07) is 4.24. The first kappa shape index (κ1) is 8.51. The summed E-state index contributed by atoms with van der Waals surface area (Å²) in [5.74, 6) is 0.907. The number of aromatic nitrogens is 1. The van der Waals surface area contributed by atoms with Gasteiger partial charge in [-0.25, -0.2) is 4.98 Å². The molecule has 0 spiro atoms. The minimum Gasteiger partial charge on any atom is -0.442 e. The van der Waals surface area contributed by atoms with Crippen LogP contribution in [0.2, 0.25) is 0 Å². The maximum Gasteiger partial charge on any atom is 0.181 e. The lowest BCUT2D eigenvalue weighted by Crippen LogP contribution is -1.72. The summed E-state index contributed by atoms with van der Waals surface area (Å²) in [5, 5.41) is 0. The molecule has 0 N–H and O–H groups in total. The van der Waals surface area contributed by atoms with Crippen molar-refractivity contribution in [1.82, 2.24) is 4.98 Å². The quantitative estimate of drug-likeness (QED) is 0.731. The Morgan fingerprint density at radius 3 is 2.85 bits per heavy atom. The van der Waals surface area contributed by atoms with E-state index in [9.17, 15) is 0 Å². The van der Waals surface area contributed by atoms with Crippen molar-refractivity contribution in [2.45, 2.75) is 20.3 Å². The molecular formula is C10H11NOS. The first-order valence-electron chi connectivity index (χ1n) is 4.30. The van der Waals surface area contributed by atoms with Crippen LogP contribution in [0.25, 0.3) is 10.6 Å². The van der Waals surface area contributed by atoms with Crippen LogP contribution in [0, 0.1) is 6.92 Å². The van der Waals surface area contributed by atoms with Crippen LogP contribution in [0.4, 0.5) is 0 Å². The van der Waals surface area contributed by atoms with Crippen LogP contribution in [0.15, 0.2) is 22.9 Å². The molecule has 2 rings (SSSR count). The van der Waals surface area contributed by atoms with E-state index in [0.29, 0.717) is 0 Å². The van der Waals surface area contributed by atoms with Crippen LogP contribution < -0.4 is 0 Å². The van der Waals surface area contributed by atoms with E-state index in [1.165, 1.54) is 16.1 Å². The van der Waals surface area contributed by atoms with E-state index in [-0.39, 0.29) is 0 Å². The van der Waals surface area contributed by atoms with Gasteiger partial charge in [-0.15, -0.1) is 11.3 Å². The smallest absolute Gasteiger partial charge is 0.181 e. The van der Waals surface area contributed by atoms with Crippen molar-refractivity contribution in [3.8, 4) is 10.6 Å². The number of rotatable bonds is 2. The van der Waals surface area contributed by atoms with Gasteiger partial charge in [-0.3, -0.25) is 0 Å². The van der Waals surface area contributed by atoms with Gasteiger partial charge in [0.05, 0.1) is 10.6 Å². The van der Waals surface area contributed by atoms with Crippen molar-refractivity contribution in [2.24, 2.45) is 0 Å². The van der Waals surface area contributed by atoms with Gasteiger partial charge >= 0.3 is 0 Å². The fraction of sp³-hybridized carbons (Fsp3) is 0.300. The molecule has 13 heavy (non-hydrogen) atoms. The molecule has 0 atom stereocenters. The third kappa shape index (κ3) is 1.52. The van der Waals surface area contributed by atoms with E-state index in [2.05, 4.69) is 24.0 Å². The number of oxazole rings is 1. The second-order valence-electron chi connectivity index (χ2n) is 2.89. The molecular weight excluding hydrogens is 182 g/mol. The Balaban J connectivity index is 2.41. The molecule has 0 unspecified atom stereocenters. The molecule has 0 aliphatic heterocycles. The standard InChI is InChI=1S/C10H11NOS/c1-3-8-4-5-9(13-8)10-7(2)11-6-12-10/h4-6H,3H2,1-2H3. The molecule has 0 saturated carbocycles. The van der Waals surface area contributed by atoms with E-state index in [4.69, 9.17) is 4.42 Å². The molecule has 0 bridgehead atoms. The normalized spacial score (nSPS) is 10.6. The maximum atomic E-state index is 5.31. The molecule has 0 amide bonds. The van der Waals surface area contributed by atoms with Crippen molar-refractivity contribution in [3.63, 3.8) is 0 Å². The minimum atomic E-state index is 0.907. The zero-order chi connectivity index (χ0) is 9.26. The minimum absolute atomic E-state index is 0.907. The Morgan fingerprint density at radius 1 is 1.46 bits per heavy atom. The lowest BCUT2D eigenvalue weighted by atomic mass is 10.3. The van der Waals surface area contributed by atoms with Gasteiger partial charge in [-0.1, -0.05) is 6.92 Å². The van der Waals surface area contributed by atoms with Gasteiger partial charge in [0.25, 0.3) is 0 Å². The third-order valence-electron chi connectivity index (χ3n) is 1.98. The Bertz CT molecular complexity index is 402. The van der Waals surface area contributed by atoms with E-state index >= 15 is 0 Å². The van der Waals surface area contributed by atoms with Gasteiger partial charge in [0.2, 0.25) is 0 Å². The molecule has 68 valence electrons. The second-order valence-corrected chi connectivity index (χ2v) is 4.05. The summed E-state index contributed by atoms with van der Waals surface area (Å²) in [5.41, 5.74) is 0.963. The van der Waals surface area contributed by atoms with Crippen molar-refractivity contribution >= 4 is 11.3 Å². The highest BCUT2D eigenvalue weighted by Crippen LogP contribution is 2.30. The van der Waals surface area contributed by atoms with Crippen molar-refractivity contribution < 1.29 is 4.42 Å². The Hall–Kier alpha value is -1.09. The average molecular weight is 193 g/mol. The van der Waals surface area contributed by atoms with Gasteiger partial charge < -0.3 is 4.42 Å². The van der Waals surface area contributed by atoms with Crippen molar-refractivity contribution in [2.75, 3.05) is 0 Å². The predicted molar refractivity (Wildman–Crippen MR) is 53.9 cm³/mol. The van der Waals surface area contributed by atoms with Gasteiger partial charge in [-0.2, -0.15) is 0 Å². The molecule has 0 aliphatic carbocycles. The first-order chi connectivity index (χ1) is 6.31. The summed E-state index contributed by atoms with van der Waals surface area (Å²) < 4.78 is 5.31. The number of nitrogens with zero attached hydrogens (tertiary/aromatic N) is 1. The monoisotopic (exact) mass is 193 g/mol. The summed E-state index contributed by atoms with van der Waals surface area (Å²) in [6.45, 7) is 4.12. The molecule has 0 radical (unpaired) electrons. The van der Waals surface area contributed by atoms with Crippen LogP contribution in [0.1, 0.15) is 17.5 Å². The molecule has 0 saturated heterocycles. The van der Waals surface area contributed by atoms with Crippen LogP contribution >= 0.6 is 11.3 Å². The van der Waals surface area contributed by atoms with Gasteiger partial charge in [0, 0.05) is 4.88 Å². The van der Waals surface area contributed by atoms with Gasteiger partial charge in [-0.05, 0) is 25.5 Å². The Kier molecular flexibility index (Phi) is 2.19. The SMILES string of the molecule is CCc1ccc(-c2ocnc2C)s1. The van der Waals surface area contributed by atoms with Crippen LogP contribution in [-0.4, -0.2) is 4.98 Å². The Labute approximate surface area is 81.2 Å². The predicted octanol–water partition coefficient (Wildman–Crippen LogP) is 3.27. The zero-order valence-corrected chi connectivity index (χ0v) is 8.52. The molecule has 0 aliphatic rings. The second kappa shape index (κ2) is 3.34. The summed E-state index contributed by atoms with van der Waals surface area (Å²) in [6.07, 6.45) is 2.58. The fourth-order valence-electron chi connectivity index (χ4n) is 1.23. The first-order valence-corrected chi connectivity index (χ1v) is 5.12. The average Bonchev–Trinajstić information content (AvgIpc) is 2.71. The van der Waals surface area contributed by atoms with Gasteiger partial charge in [0.1, 0.15) is 0 Å². The van der Waals surface area contributed by atoms with Crippen LogP contribution in [-0.2, 0) is 6.42 Å². The highest BCUT2D eigenvalue weighted by Gasteiger charge is 2.08. The fourth-order valence-corrected chi connectivity index (χ4v) is 2.22. The number of aryl methyl sites for hydroxylation is 2. The number of hydrogen-bond acceptors (Lipinski definition) is 3. The van der Waals surface area contributed by atoms with E-state index in [1.54, 1.807) is 11.3 Å². The summed E-state index contributed by atoms with van der Waals surface area (Å²) in [4.78, 5) is 6.62. The largest absolute Gasteiger partial charge is 0.442 e. The number of thiophene rings is 1. The topological polar surface area (TPSA) is 26.0 Å². The van der Waals surface area contributed by atoms with Crippen LogP contribution in [0.5, 0.6) is 0 Å². The molecule has 2 nitrogen and oxygen atoms in total. The molecule has 2 aromatic heterocycles. The molecule has 0 aromatic carbocycles. The lowest BCUT2D eigenvalue weighted by molar-refractivity contribution is 0.572. The van der Waals surface area contributed by atoms with E-state index < -0.39 is 0 Å². The van der Waals surface area contributed by atoms with Crippen molar-refractivity contribution in [1.29, 1.82) is 0 Å². The van der Waals surface area contributed by atoms with Crippen molar-refractivity contribution in [3.05, 3.63) is 29.1 Å². The molecule has 2 aromatic rings. The maximum absolute atomic E-state index is 5.31. The molecule has 0 fully saturated rings. The highest BCUT2D eigenvalue weighted by molar-refractivity contribution is 7.15. The van der Waals surface area contributed by atoms with Crippen LogP contribution in [0.3, 0.4) is 0 Å². The molecule has 2 heterocycles. The Morgan fingerprint density at radius 2 is 2.31 bits per heavy atom. The third-order valence-corrected chi connectivity index (χ3v) is 3.21. The number of hydrogen-bond donors (Lipinski definition) is 0. The molecule has 3 heteroatoms. The zero-order valence-electron chi connectivity index (χ0n) is 7.70. The summed E-state index contributed by atoms with van der Waals surface area (Å²) >= 11 is 1.77. The van der Waals surface area contributed by atoms with Gasteiger partial charge in [0.15, 0.2) is 12.2 Å². The highest BCUT2D eigenvalue weighted by atomic mass is 32.1. The summed E-state index contributed by atoms with van der Waals surface area (Å²) in [7, 11) is 0. The van der Waals surface area contributed by atoms with E-state index in [1.807, 2.05) is 6.92 Å².